The first-order chi connectivity index (χ1) is 13.9. The number of benzene rings is 2. The third kappa shape index (κ3) is 7.89. The Morgan fingerprint density at radius 2 is 1.83 bits per heavy atom. The van der Waals surface area contributed by atoms with Gasteiger partial charge in [0.15, 0.2) is 0 Å². The molecule has 0 bridgehead atoms. The maximum Gasteiger partial charge on any atom is 0.338 e. The summed E-state index contributed by atoms with van der Waals surface area (Å²) in [4.78, 5) is 24.0. The molecule has 0 aromatic heterocycles. The standard InChI is InChI=1S/C23H28BrNO4/c1-4-17-7-12-21(20(24)14-17)28-13-5-6-22(26)25-19-10-8-18(9-11-19)23(27)29-15-16(2)3/h7-12,14,16H,4-6,13,15H2,1-3H3,(H,25,26). The first-order valence-electron chi connectivity index (χ1n) is 9.87. The number of amides is 1. The summed E-state index contributed by atoms with van der Waals surface area (Å²) in [6.07, 6.45) is 1.93. The van der Waals surface area contributed by atoms with Crippen LogP contribution in [-0.2, 0) is 16.0 Å². The van der Waals surface area contributed by atoms with Crippen molar-refractivity contribution in [1.82, 2.24) is 0 Å². The molecular weight excluding hydrogens is 434 g/mol. The van der Waals surface area contributed by atoms with E-state index in [1.54, 1.807) is 24.3 Å². The molecule has 0 radical (unpaired) electrons. The van der Waals surface area contributed by atoms with Crippen LogP contribution >= 0.6 is 15.9 Å². The van der Waals surface area contributed by atoms with Gasteiger partial charge in [-0.15, -0.1) is 0 Å². The van der Waals surface area contributed by atoms with Crippen LogP contribution in [0.25, 0.3) is 0 Å². The fourth-order valence-electron chi connectivity index (χ4n) is 2.53. The van der Waals surface area contributed by atoms with Crippen LogP contribution < -0.4 is 10.1 Å². The highest BCUT2D eigenvalue weighted by atomic mass is 79.9. The summed E-state index contributed by atoms with van der Waals surface area (Å²) in [6, 6.07) is 12.7. The van der Waals surface area contributed by atoms with Gasteiger partial charge in [0.05, 0.1) is 23.2 Å². The van der Waals surface area contributed by atoms with E-state index in [9.17, 15) is 9.59 Å². The number of nitrogens with one attached hydrogen (secondary N) is 1. The minimum atomic E-state index is -0.355. The number of rotatable bonds is 10. The van der Waals surface area contributed by atoms with E-state index < -0.39 is 0 Å². The zero-order chi connectivity index (χ0) is 21.2. The van der Waals surface area contributed by atoms with Crippen molar-refractivity contribution < 1.29 is 19.1 Å². The lowest BCUT2D eigenvalue weighted by Crippen LogP contribution is -2.13. The van der Waals surface area contributed by atoms with Crippen molar-refractivity contribution in [2.45, 2.75) is 40.0 Å². The molecule has 0 aliphatic heterocycles. The Hall–Kier alpha value is -2.34. The first kappa shape index (κ1) is 22.9. The Labute approximate surface area is 180 Å². The summed E-state index contributed by atoms with van der Waals surface area (Å²) >= 11 is 3.51. The summed E-state index contributed by atoms with van der Waals surface area (Å²) in [5.74, 6) is 0.622. The lowest BCUT2D eigenvalue weighted by molar-refractivity contribution is -0.116. The molecule has 6 heteroatoms. The molecule has 1 N–H and O–H groups in total. The fraction of sp³-hybridized carbons (Fsp3) is 0.391. The van der Waals surface area contributed by atoms with E-state index in [0.29, 0.717) is 43.2 Å². The van der Waals surface area contributed by atoms with Gasteiger partial charge >= 0.3 is 5.97 Å². The number of esters is 1. The number of hydrogen-bond donors (Lipinski definition) is 1. The molecule has 0 atom stereocenters. The second-order valence-corrected chi connectivity index (χ2v) is 8.04. The van der Waals surface area contributed by atoms with Crippen LogP contribution in [0.2, 0.25) is 0 Å². The molecule has 2 aromatic rings. The second kappa shape index (κ2) is 11.6. The van der Waals surface area contributed by atoms with Crippen molar-refractivity contribution >= 4 is 33.5 Å². The summed E-state index contributed by atoms with van der Waals surface area (Å²) in [7, 11) is 0. The summed E-state index contributed by atoms with van der Waals surface area (Å²) in [5, 5.41) is 2.83. The van der Waals surface area contributed by atoms with Gasteiger partial charge in [0.25, 0.3) is 0 Å². The van der Waals surface area contributed by atoms with E-state index in [0.717, 1.165) is 16.6 Å². The molecule has 0 unspecified atom stereocenters. The van der Waals surface area contributed by atoms with Gasteiger partial charge in [0, 0.05) is 12.1 Å². The van der Waals surface area contributed by atoms with Crippen LogP contribution in [-0.4, -0.2) is 25.1 Å². The van der Waals surface area contributed by atoms with Gasteiger partial charge in [-0.25, -0.2) is 4.79 Å². The van der Waals surface area contributed by atoms with Gasteiger partial charge in [-0.1, -0.05) is 26.8 Å². The van der Waals surface area contributed by atoms with Crippen molar-refractivity contribution in [2.24, 2.45) is 5.92 Å². The SMILES string of the molecule is CCc1ccc(OCCCC(=O)Nc2ccc(C(=O)OCC(C)C)cc2)c(Br)c1. The zero-order valence-corrected chi connectivity index (χ0v) is 18.8. The van der Waals surface area contributed by atoms with Crippen LogP contribution in [0.4, 0.5) is 5.69 Å². The molecule has 0 aliphatic carbocycles. The Kier molecular flexibility index (Phi) is 9.19. The average Bonchev–Trinajstić information content (AvgIpc) is 2.70. The number of anilines is 1. The molecule has 0 aliphatic rings. The largest absolute Gasteiger partial charge is 0.492 e. The molecule has 0 fully saturated rings. The quantitative estimate of drug-likeness (QED) is 0.368. The normalized spacial score (nSPS) is 10.7. The number of aryl methyl sites for hydroxylation is 1. The van der Waals surface area contributed by atoms with Crippen molar-refractivity contribution in [3.05, 3.63) is 58.1 Å². The highest BCUT2D eigenvalue weighted by Gasteiger charge is 2.09. The Bertz CT molecular complexity index is 818. The highest BCUT2D eigenvalue weighted by Crippen LogP contribution is 2.26. The van der Waals surface area contributed by atoms with Gasteiger partial charge in [0.1, 0.15) is 5.75 Å². The van der Waals surface area contributed by atoms with Gasteiger partial charge in [-0.3, -0.25) is 4.79 Å². The Balaban J connectivity index is 1.73. The van der Waals surface area contributed by atoms with Crippen LogP contribution in [0.15, 0.2) is 46.9 Å². The van der Waals surface area contributed by atoms with E-state index in [1.807, 2.05) is 32.0 Å². The molecule has 29 heavy (non-hydrogen) atoms. The predicted octanol–water partition coefficient (Wildman–Crippen LogP) is 5.62. The van der Waals surface area contributed by atoms with Gasteiger partial charge in [0.2, 0.25) is 5.91 Å². The van der Waals surface area contributed by atoms with Crippen LogP contribution in [0.3, 0.4) is 0 Å². The molecule has 0 saturated carbocycles. The molecule has 1 amide bonds. The summed E-state index contributed by atoms with van der Waals surface area (Å²) < 4.78 is 11.9. The van der Waals surface area contributed by atoms with E-state index in [1.165, 1.54) is 5.56 Å². The lowest BCUT2D eigenvalue weighted by Gasteiger charge is -2.10. The Morgan fingerprint density at radius 1 is 1.10 bits per heavy atom. The maximum atomic E-state index is 12.1. The summed E-state index contributed by atoms with van der Waals surface area (Å²) in [5.41, 5.74) is 2.36. The topological polar surface area (TPSA) is 64.6 Å². The maximum absolute atomic E-state index is 12.1. The molecule has 0 heterocycles. The fourth-order valence-corrected chi connectivity index (χ4v) is 3.08. The predicted molar refractivity (Wildman–Crippen MR) is 118 cm³/mol. The van der Waals surface area contributed by atoms with E-state index in [2.05, 4.69) is 28.2 Å². The van der Waals surface area contributed by atoms with Gasteiger partial charge < -0.3 is 14.8 Å². The van der Waals surface area contributed by atoms with Crippen molar-refractivity contribution in [3.8, 4) is 5.75 Å². The number of hydrogen-bond acceptors (Lipinski definition) is 4. The molecule has 2 rings (SSSR count). The second-order valence-electron chi connectivity index (χ2n) is 7.19. The zero-order valence-electron chi connectivity index (χ0n) is 17.2. The minimum Gasteiger partial charge on any atom is -0.492 e. The lowest BCUT2D eigenvalue weighted by atomic mass is 10.2. The third-order valence-corrected chi connectivity index (χ3v) is 4.78. The van der Waals surface area contributed by atoms with Crippen molar-refractivity contribution in [3.63, 3.8) is 0 Å². The molecule has 0 saturated heterocycles. The van der Waals surface area contributed by atoms with Crippen molar-refractivity contribution in [2.75, 3.05) is 18.5 Å². The average molecular weight is 462 g/mol. The van der Waals surface area contributed by atoms with E-state index in [4.69, 9.17) is 9.47 Å². The number of ether oxygens (including phenoxy) is 2. The van der Waals surface area contributed by atoms with Crippen LogP contribution in [0.5, 0.6) is 5.75 Å². The highest BCUT2D eigenvalue weighted by molar-refractivity contribution is 9.10. The monoisotopic (exact) mass is 461 g/mol. The van der Waals surface area contributed by atoms with Gasteiger partial charge in [-0.2, -0.15) is 0 Å². The molecule has 2 aromatic carbocycles. The van der Waals surface area contributed by atoms with Crippen LogP contribution in [0.1, 0.15) is 49.5 Å². The Morgan fingerprint density at radius 3 is 2.45 bits per heavy atom. The molecular formula is C23H28BrNO4. The van der Waals surface area contributed by atoms with E-state index in [-0.39, 0.29) is 11.9 Å². The summed E-state index contributed by atoms with van der Waals surface area (Å²) in [6.45, 7) is 6.92. The molecule has 156 valence electrons. The third-order valence-electron chi connectivity index (χ3n) is 4.16. The number of carbonyl (C=O) groups excluding carboxylic acids is 2. The molecule has 5 nitrogen and oxygen atoms in total. The van der Waals surface area contributed by atoms with Gasteiger partial charge in [-0.05, 0) is 76.7 Å². The number of halogens is 1. The smallest absolute Gasteiger partial charge is 0.338 e. The van der Waals surface area contributed by atoms with Crippen molar-refractivity contribution in [1.29, 1.82) is 0 Å². The number of carbonyl (C=O) groups is 2. The van der Waals surface area contributed by atoms with E-state index >= 15 is 0 Å². The van der Waals surface area contributed by atoms with Crippen LogP contribution in [0, 0.1) is 5.92 Å². The minimum absolute atomic E-state index is 0.0934. The first-order valence-corrected chi connectivity index (χ1v) is 10.7. The molecule has 0 spiro atoms.